The van der Waals surface area contributed by atoms with Gasteiger partial charge in [-0.3, -0.25) is 9.59 Å². The van der Waals surface area contributed by atoms with Crippen LogP contribution in [0.15, 0.2) is 36.4 Å². The van der Waals surface area contributed by atoms with E-state index in [1.165, 1.54) is 0 Å². The molecule has 130 valence electrons. The molecule has 0 radical (unpaired) electrons. The molecule has 0 aromatic heterocycles. The number of amides is 2. The summed E-state index contributed by atoms with van der Waals surface area (Å²) in [4.78, 5) is 26.4. The molecule has 1 aliphatic rings. The van der Waals surface area contributed by atoms with Gasteiger partial charge in [-0.1, -0.05) is 6.07 Å². The molecule has 1 fully saturated rings. The van der Waals surface area contributed by atoms with Crippen LogP contribution in [0.2, 0.25) is 0 Å². The molecule has 6 heteroatoms. The van der Waals surface area contributed by atoms with Crippen molar-refractivity contribution in [2.24, 2.45) is 0 Å². The second kappa shape index (κ2) is 6.63. The molecule has 1 aliphatic heterocycles. The molecular weight excluding hydrogens is 326 g/mol. The molecule has 1 unspecified atom stereocenters. The van der Waals surface area contributed by atoms with Crippen molar-refractivity contribution < 1.29 is 18.4 Å². The highest BCUT2D eigenvalue weighted by molar-refractivity contribution is 6.03. The number of hydrogen-bond acceptors (Lipinski definition) is 2. The minimum atomic E-state index is -0.834. The summed E-state index contributed by atoms with van der Waals surface area (Å²) in [6, 6.07) is 7.61. The molecule has 1 saturated heterocycles. The van der Waals surface area contributed by atoms with Crippen molar-refractivity contribution in [3.05, 3.63) is 64.7 Å². The fourth-order valence-electron chi connectivity index (χ4n) is 2.89. The van der Waals surface area contributed by atoms with Gasteiger partial charge < -0.3 is 10.2 Å². The molecule has 2 aromatic carbocycles. The average molecular weight is 344 g/mol. The molecule has 4 nitrogen and oxygen atoms in total. The van der Waals surface area contributed by atoms with Crippen LogP contribution in [0.5, 0.6) is 0 Å². The van der Waals surface area contributed by atoms with Crippen LogP contribution in [-0.2, 0) is 4.79 Å². The first-order valence-electron chi connectivity index (χ1n) is 8.01. The number of nitrogens with zero attached hydrogens (tertiary/aromatic N) is 1. The van der Waals surface area contributed by atoms with Gasteiger partial charge in [-0.15, -0.1) is 0 Å². The molecule has 25 heavy (non-hydrogen) atoms. The van der Waals surface area contributed by atoms with Crippen LogP contribution >= 0.6 is 0 Å². The molecule has 3 rings (SSSR count). The molecule has 1 atom stereocenters. The summed E-state index contributed by atoms with van der Waals surface area (Å²) >= 11 is 0. The van der Waals surface area contributed by atoms with Crippen LogP contribution < -0.4 is 10.2 Å². The average Bonchev–Trinajstić information content (AvgIpc) is 2.90. The first-order valence-corrected chi connectivity index (χ1v) is 8.01. The van der Waals surface area contributed by atoms with E-state index in [1.807, 2.05) is 32.0 Å². The Morgan fingerprint density at radius 1 is 1.08 bits per heavy atom. The predicted octanol–water partition coefficient (Wildman–Crippen LogP) is 3.12. The van der Waals surface area contributed by atoms with Crippen LogP contribution in [0, 0.1) is 25.5 Å². The van der Waals surface area contributed by atoms with Gasteiger partial charge in [0.05, 0.1) is 0 Å². The van der Waals surface area contributed by atoms with Gasteiger partial charge in [0, 0.05) is 23.9 Å². The summed E-state index contributed by atoms with van der Waals surface area (Å²) in [5.74, 6) is -2.56. The standard InChI is InChI=1S/C19H18F2N2O2/c1-11-3-4-16(7-12(11)2)23-6-5-17(19(23)25)22-18(24)13-8-14(20)10-15(21)9-13/h3-4,7-10,17H,5-6H2,1-2H3,(H,22,24). The van der Waals surface area contributed by atoms with Gasteiger partial charge >= 0.3 is 0 Å². The number of carbonyl (C=O) groups is 2. The molecule has 1 heterocycles. The topological polar surface area (TPSA) is 49.4 Å². The Balaban J connectivity index is 1.73. The Hall–Kier alpha value is -2.76. The number of anilines is 1. The number of nitrogens with one attached hydrogen (secondary N) is 1. The highest BCUT2D eigenvalue weighted by Gasteiger charge is 2.34. The van der Waals surface area contributed by atoms with E-state index >= 15 is 0 Å². The second-order valence-electron chi connectivity index (χ2n) is 6.23. The van der Waals surface area contributed by atoms with Crippen molar-refractivity contribution in [1.29, 1.82) is 0 Å². The van der Waals surface area contributed by atoms with Gasteiger partial charge in [0.2, 0.25) is 5.91 Å². The summed E-state index contributed by atoms with van der Waals surface area (Å²) in [6.45, 7) is 4.44. The minimum absolute atomic E-state index is 0.144. The molecule has 1 N–H and O–H groups in total. The Bertz CT molecular complexity index is 831. The quantitative estimate of drug-likeness (QED) is 0.930. The Labute approximate surface area is 144 Å². The summed E-state index contributed by atoms with van der Waals surface area (Å²) in [5, 5.41) is 2.56. The summed E-state index contributed by atoms with van der Waals surface area (Å²) < 4.78 is 26.5. The lowest BCUT2D eigenvalue weighted by molar-refractivity contribution is -0.118. The first-order chi connectivity index (χ1) is 11.8. The predicted molar refractivity (Wildman–Crippen MR) is 90.5 cm³/mol. The lowest BCUT2D eigenvalue weighted by atomic mass is 10.1. The third-order valence-corrected chi connectivity index (χ3v) is 4.44. The molecule has 0 spiro atoms. The monoisotopic (exact) mass is 344 g/mol. The van der Waals surface area contributed by atoms with Crippen molar-refractivity contribution in [2.75, 3.05) is 11.4 Å². The summed E-state index contributed by atoms with van der Waals surface area (Å²) in [5.41, 5.74) is 2.85. The van der Waals surface area contributed by atoms with Gasteiger partial charge in [0.1, 0.15) is 17.7 Å². The Morgan fingerprint density at radius 2 is 1.76 bits per heavy atom. The number of aryl methyl sites for hydroxylation is 2. The molecule has 0 bridgehead atoms. The fourth-order valence-corrected chi connectivity index (χ4v) is 2.89. The maximum atomic E-state index is 13.2. The van der Waals surface area contributed by atoms with E-state index in [9.17, 15) is 18.4 Å². The molecule has 2 amide bonds. The van der Waals surface area contributed by atoms with Crippen molar-refractivity contribution >= 4 is 17.5 Å². The van der Waals surface area contributed by atoms with E-state index in [0.29, 0.717) is 19.0 Å². The van der Waals surface area contributed by atoms with Gasteiger partial charge in [-0.25, -0.2) is 8.78 Å². The van der Waals surface area contributed by atoms with E-state index < -0.39 is 23.6 Å². The van der Waals surface area contributed by atoms with E-state index in [4.69, 9.17) is 0 Å². The maximum Gasteiger partial charge on any atom is 0.252 e. The summed E-state index contributed by atoms with van der Waals surface area (Å²) in [7, 11) is 0. The van der Waals surface area contributed by atoms with E-state index in [1.54, 1.807) is 4.90 Å². The van der Waals surface area contributed by atoms with Gasteiger partial charge in [0.25, 0.3) is 5.91 Å². The van der Waals surface area contributed by atoms with Gasteiger partial charge in [0.15, 0.2) is 0 Å². The van der Waals surface area contributed by atoms with Gasteiger partial charge in [-0.2, -0.15) is 0 Å². The molecule has 0 aliphatic carbocycles. The van der Waals surface area contributed by atoms with E-state index in [-0.39, 0.29) is 11.5 Å². The van der Waals surface area contributed by atoms with E-state index in [0.717, 1.165) is 28.9 Å². The zero-order chi connectivity index (χ0) is 18.1. The Kier molecular flexibility index (Phi) is 4.53. The number of carbonyl (C=O) groups excluding carboxylic acids is 2. The highest BCUT2D eigenvalue weighted by Crippen LogP contribution is 2.24. The normalized spacial score (nSPS) is 17.0. The Morgan fingerprint density at radius 3 is 2.40 bits per heavy atom. The minimum Gasteiger partial charge on any atom is -0.340 e. The number of hydrogen-bond donors (Lipinski definition) is 1. The molecular formula is C19H18F2N2O2. The fraction of sp³-hybridized carbons (Fsp3) is 0.263. The summed E-state index contributed by atoms with van der Waals surface area (Å²) in [6.07, 6.45) is 0.440. The van der Waals surface area contributed by atoms with E-state index in [2.05, 4.69) is 5.32 Å². The number of rotatable bonds is 3. The highest BCUT2D eigenvalue weighted by atomic mass is 19.1. The third-order valence-electron chi connectivity index (χ3n) is 4.44. The van der Waals surface area contributed by atoms with Crippen molar-refractivity contribution in [3.63, 3.8) is 0 Å². The van der Waals surface area contributed by atoms with Gasteiger partial charge in [-0.05, 0) is 55.7 Å². The SMILES string of the molecule is Cc1ccc(N2CCC(NC(=O)c3cc(F)cc(F)c3)C2=O)cc1C. The third kappa shape index (κ3) is 3.52. The lowest BCUT2D eigenvalue weighted by Gasteiger charge is -2.18. The largest absolute Gasteiger partial charge is 0.340 e. The number of benzene rings is 2. The zero-order valence-electron chi connectivity index (χ0n) is 14.0. The van der Waals surface area contributed by atoms with Crippen LogP contribution in [-0.4, -0.2) is 24.4 Å². The second-order valence-corrected chi connectivity index (χ2v) is 6.23. The van der Waals surface area contributed by atoms with Crippen molar-refractivity contribution in [3.8, 4) is 0 Å². The lowest BCUT2D eigenvalue weighted by Crippen LogP contribution is -2.41. The van der Waals surface area contributed by atoms with Crippen LogP contribution in [0.25, 0.3) is 0 Å². The maximum absolute atomic E-state index is 13.2. The van der Waals surface area contributed by atoms with Crippen molar-refractivity contribution in [2.45, 2.75) is 26.3 Å². The first kappa shape index (κ1) is 17.1. The molecule has 0 saturated carbocycles. The van der Waals surface area contributed by atoms with Crippen LogP contribution in [0.4, 0.5) is 14.5 Å². The van der Waals surface area contributed by atoms with Crippen molar-refractivity contribution in [1.82, 2.24) is 5.32 Å². The van der Waals surface area contributed by atoms with Crippen LogP contribution in [0.1, 0.15) is 27.9 Å². The number of halogens is 2. The van der Waals surface area contributed by atoms with Crippen LogP contribution in [0.3, 0.4) is 0 Å². The zero-order valence-corrected chi connectivity index (χ0v) is 14.0. The smallest absolute Gasteiger partial charge is 0.252 e. The molecule has 2 aromatic rings.